The highest BCUT2D eigenvalue weighted by atomic mass is 31.2. The van der Waals surface area contributed by atoms with Gasteiger partial charge in [0.25, 0.3) is 0 Å². The molecule has 0 aromatic rings. The van der Waals surface area contributed by atoms with Crippen molar-refractivity contribution in [2.24, 2.45) is 0 Å². The largest absolute Gasteiger partial charge is 0.472 e. The standard InChI is InChI=1S/C75H136O17P2/c1-5-9-13-17-21-25-29-32-34-37-40-43-47-51-55-59-72(77)85-65-70(91-74(79)61-57-53-49-45-39-28-24-20-16-12-8-4)67-89-93(81,82)87-63-69(76)64-88-94(83,84)90-68-71(92-75(80)62-58-54-50-46-42-36-31-27-23-19-15-11-7-3)66-86-73(78)60-56-52-48-44-41-38-35-33-30-26-22-18-14-10-6-2/h9,13,20-21,24-25,32,34,40,43,69-71,76H,5-8,10-12,14-19,22-23,26-31,33,35-39,41-42,44-68H2,1-4H3,(H,81,82)(H,83,84)/b13-9-,24-20-,25-21-,34-32-,43-40-. The van der Waals surface area contributed by atoms with Gasteiger partial charge in [0.05, 0.1) is 26.4 Å². The Hall–Kier alpha value is -3.24. The summed E-state index contributed by atoms with van der Waals surface area (Å²) in [6.45, 7) is 4.71. The highest BCUT2D eigenvalue weighted by molar-refractivity contribution is 7.47. The van der Waals surface area contributed by atoms with Crippen LogP contribution in [0.25, 0.3) is 0 Å². The van der Waals surface area contributed by atoms with Crippen LogP contribution in [0, 0.1) is 0 Å². The Labute approximate surface area is 571 Å². The van der Waals surface area contributed by atoms with Crippen LogP contribution >= 0.6 is 15.6 Å². The molecule has 0 bridgehead atoms. The first-order chi connectivity index (χ1) is 45.7. The van der Waals surface area contributed by atoms with Gasteiger partial charge in [0.1, 0.15) is 19.3 Å². The number of esters is 4. The Bertz CT molecular complexity index is 2030. The molecule has 5 unspecified atom stereocenters. The molecule has 0 aromatic carbocycles. The number of phosphoric ester groups is 2. The summed E-state index contributed by atoms with van der Waals surface area (Å²) in [5.41, 5.74) is 0. The average molecular weight is 1370 g/mol. The number of hydrogen-bond donors (Lipinski definition) is 3. The monoisotopic (exact) mass is 1370 g/mol. The third-order valence-electron chi connectivity index (χ3n) is 16.0. The summed E-state index contributed by atoms with van der Waals surface area (Å²) in [4.78, 5) is 72.7. The number of rotatable bonds is 71. The molecule has 548 valence electrons. The summed E-state index contributed by atoms with van der Waals surface area (Å²) in [6, 6.07) is 0. The molecule has 19 heteroatoms. The minimum absolute atomic E-state index is 0.0783. The molecule has 0 spiro atoms. The number of ether oxygens (including phenoxy) is 4. The number of allylic oxidation sites excluding steroid dienone is 10. The smallest absolute Gasteiger partial charge is 0.462 e. The third-order valence-corrected chi connectivity index (χ3v) is 17.9. The Morgan fingerprint density at radius 1 is 0.309 bits per heavy atom. The van der Waals surface area contributed by atoms with E-state index in [0.717, 1.165) is 122 Å². The van der Waals surface area contributed by atoms with Crippen LogP contribution < -0.4 is 0 Å². The Morgan fingerprint density at radius 2 is 0.564 bits per heavy atom. The van der Waals surface area contributed by atoms with Crippen molar-refractivity contribution in [2.75, 3.05) is 39.6 Å². The summed E-state index contributed by atoms with van der Waals surface area (Å²) >= 11 is 0. The molecule has 0 saturated carbocycles. The lowest BCUT2D eigenvalue weighted by atomic mass is 10.0. The van der Waals surface area contributed by atoms with Crippen LogP contribution in [-0.4, -0.2) is 96.7 Å². The molecule has 0 aliphatic rings. The van der Waals surface area contributed by atoms with Gasteiger partial charge in [0, 0.05) is 25.7 Å². The minimum Gasteiger partial charge on any atom is -0.462 e. The molecule has 94 heavy (non-hydrogen) atoms. The van der Waals surface area contributed by atoms with Gasteiger partial charge in [-0.25, -0.2) is 9.13 Å². The minimum atomic E-state index is -4.97. The van der Waals surface area contributed by atoms with Gasteiger partial charge in [0.2, 0.25) is 0 Å². The van der Waals surface area contributed by atoms with Crippen molar-refractivity contribution in [3.63, 3.8) is 0 Å². The summed E-state index contributed by atoms with van der Waals surface area (Å²) in [5, 5.41) is 10.6. The van der Waals surface area contributed by atoms with Crippen molar-refractivity contribution in [1.82, 2.24) is 0 Å². The fraction of sp³-hybridized carbons (Fsp3) is 0.813. The third kappa shape index (κ3) is 67.3. The van der Waals surface area contributed by atoms with E-state index in [-0.39, 0.29) is 25.7 Å². The summed E-state index contributed by atoms with van der Waals surface area (Å²) in [6.07, 6.45) is 65.1. The first-order valence-corrected chi connectivity index (χ1v) is 40.5. The van der Waals surface area contributed by atoms with Crippen molar-refractivity contribution >= 4 is 39.5 Å². The Balaban J connectivity index is 5.31. The zero-order chi connectivity index (χ0) is 69.0. The first kappa shape index (κ1) is 90.8. The molecule has 0 radical (unpaired) electrons. The fourth-order valence-corrected chi connectivity index (χ4v) is 11.8. The van der Waals surface area contributed by atoms with Crippen molar-refractivity contribution in [2.45, 2.75) is 354 Å². The van der Waals surface area contributed by atoms with E-state index in [9.17, 15) is 43.2 Å². The Morgan fingerprint density at radius 3 is 0.915 bits per heavy atom. The van der Waals surface area contributed by atoms with E-state index >= 15 is 0 Å². The number of aliphatic hydroxyl groups is 1. The van der Waals surface area contributed by atoms with Crippen molar-refractivity contribution in [1.29, 1.82) is 0 Å². The van der Waals surface area contributed by atoms with Gasteiger partial charge in [-0.3, -0.25) is 37.3 Å². The molecule has 0 heterocycles. The van der Waals surface area contributed by atoms with E-state index in [2.05, 4.69) is 88.5 Å². The number of carbonyl (C=O) groups excluding carboxylic acids is 4. The highest BCUT2D eigenvalue weighted by Gasteiger charge is 2.30. The SMILES string of the molecule is CC/C=C\C/C=C\C/C=C\C/C=C\CCCCC(=O)OCC(COP(=O)(O)OCC(O)COP(=O)(O)OCC(COC(=O)CCCCCCCCCCCCCCCCC)OC(=O)CCCCCCCCCCCCCCC)OC(=O)CCCCCCC/C=C\CCCC. The summed E-state index contributed by atoms with van der Waals surface area (Å²) in [5.74, 6) is -2.20. The van der Waals surface area contributed by atoms with Crippen LogP contribution in [0.1, 0.15) is 336 Å². The maximum atomic E-state index is 13.1. The van der Waals surface area contributed by atoms with Gasteiger partial charge >= 0.3 is 39.5 Å². The molecule has 0 aliphatic heterocycles. The van der Waals surface area contributed by atoms with E-state index in [1.54, 1.807) is 0 Å². The normalized spacial score (nSPS) is 14.3. The van der Waals surface area contributed by atoms with E-state index in [0.29, 0.717) is 25.7 Å². The van der Waals surface area contributed by atoms with Gasteiger partial charge in [-0.1, -0.05) is 288 Å². The van der Waals surface area contributed by atoms with E-state index < -0.39 is 97.5 Å². The molecule has 0 aromatic heterocycles. The fourth-order valence-electron chi connectivity index (χ4n) is 10.3. The molecule has 3 N–H and O–H groups in total. The van der Waals surface area contributed by atoms with E-state index in [4.69, 9.17) is 37.0 Å². The number of aliphatic hydroxyl groups excluding tert-OH is 1. The van der Waals surface area contributed by atoms with Crippen LogP contribution in [0.15, 0.2) is 60.8 Å². The second kappa shape index (κ2) is 68.3. The number of phosphoric acid groups is 2. The van der Waals surface area contributed by atoms with Crippen LogP contribution in [0.3, 0.4) is 0 Å². The van der Waals surface area contributed by atoms with Crippen LogP contribution in [0.5, 0.6) is 0 Å². The van der Waals surface area contributed by atoms with Gasteiger partial charge in [-0.15, -0.1) is 0 Å². The predicted molar refractivity (Wildman–Crippen MR) is 381 cm³/mol. The van der Waals surface area contributed by atoms with E-state index in [1.165, 1.54) is 135 Å². The highest BCUT2D eigenvalue weighted by Crippen LogP contribution is 2.45. The summed E-state index contributed by atoms with van der Waals surface area (Å²) in [7, 11) is -9.94. The van der Waals surface area contributed by atoms with Crippen molar-refractivity contribution < 1.29 is 80.2 Å². The van der Waals surface area contributed by atoms with Crippen molar-refractivity contribution in [3.8, 4) is 0 Å². The maximum absolute atomic E-state index is 13.1. The summed E-state index contributed by atoms with van der Waals surface area (Å²) < 4.78 is 68.3. The molecule has 0 rings (SSSR count). The predicted octanol–water partition coefficient (Wildman–Crippen LogP) is 21.1. The molecular formula is C75H136O17P2. The lowest BCUT2D eigenvalue weighted by Gasteiger charge is -2.21. The second-order valence-electron chi connectivity index (χ2n) is 25.2. The lowest BCUT2D eigenvalue weighted by molar-refractivity contribution is -0.161. The molecule has 0 saturated heterocycles. The van der Waals surface area contributed by atoms with Crippen molar-refractivity contribution in [3.05, 3.63) is 60.8 Å². The van der Waals surface area contributed by atoms with Gasteiger partial charge in [-0.2, -0.15) is 0 Å². The number of hydrogen-bond acceptors (Lipinski definition) is 15. The molecule has 0 amide bonds. The molecular weight excluding hydrogens is 1230 g/mol. The van der Waals surface area contributed by atoms with Crippen LogP contribution in [0.2, 0.25) is 0 Å². The number of unbranched alkanes of at least 4 members (excludes halogenated alkanes) is 35. The topological polar surface area (TPSA) is 237 Å². The molecule has 5 atom stereocenters. The second-order valence-corrected chi connectivity index (χ2v) is 28.1. The Kier molecular flexibility index (Phi) is 65.9. The first-order valence-electron chi connectivity index (χ1n) is 37.5. The maximum Gasteiger partial charge on any atom is 0.472 e. The van der Waals surface area contributed by atoms with Crippen LogP contribution in [-0.2, 0) is 65.4 Å². The zero-order valence-corrected chi connectivity index (χ0v) is 61.4. The average Bonchev–Trinajstić information content (AvgIpc) is 1.35. The van der Waals surface area contributed by atoms with Gasteiger partial charge < -0.3 is 33.8 Å². The van der Waals surface area contributed by atoms with Gasteiger partial charge in [-0.05, 0) is 83.5 Å². The molecule has 0 fully saturated rings. The lowest BCUT2D eigenvalue weighted by Crippen LogP contribution is -2.30. The quantitative estimate of drug-likeness (QED) is 0.0169. The van der Waals surface area contributed by atoms with Crippen LogP contribution in [0.4, 0.5) is 0 Å². The molecule has 0 aliphatic carbocycles. The van der Waals surface area contributed by atoms with Gasteiger partial charge in [0.15, 0.2) is 12.2 Å². The zero-order valence-electron chi connectivity index (χ0n) is 59.6. The number of carbonyl (C=O) groups is 4. The molecule has 17 nitrogen and oxygen atoms in total. The van der Waals surface area contributed by atoms with E-state index in [1.807, 2.05) is 0 Å².